The van der Waals surface area contributed by atoms with E-state index in [0.29, 0.717) is 25.3 Å². The minimum Gasteiger partial charge on any atom is -0.448 e. The van der Waals surface area contributed by atoms with Crippen molar-refractivity contribution in [1.29, 1.82) is 0 Å². The SMILES string of the molecule is CC[C@@H](/C=N/NC(=O)NCC1CCC(C(=O)NC)CC1)NC(=O)[C@@H]1C[C@@H](N)CN1C(=O)OCC1c2ccccc2-c2ccccc21. The highest BCUT2D eigenvalue weighted by molar-refractivity contribution is 5.89. The van der Waals surface area contributed by atoms with E-state index in [1.165, 1.54) is 11.1 Å². The third-order valence-corrected chi connectivity index (χ3v) is 9.41. The van der Waals surface area contributed by atoms with Gasteiger partial charge in [-0.15, -0.1) is 0 Å². The molecular formula is C34H45N7O5. The van der Waals surface area contributed by atoms with Gasteiger partial charge in [-0.3, -0.25) is 14.5 Å². The van der Waals surface area contributed by atoms with Crippen LogP contribution in [-0.4, -0.2) is 79.9 Å². The Morgan fingerprint density at radius 1 is 1.00 bits per heavy atom. The molecular weight excluding hydrogens is 586 g/mol. The average Bonchev–Trinajstić information content (AvgIpc) is 3.63. The van der Waals surface area contributed by atoms with E-state index in [1.54, 1.807) is 7.05 Å². The summed E-state index contributed by atoms with van der Waals surface area (Å²) < 4.78 is 5.82. The summed E-state index contributed by atoms with van der Waals surface area (Å²) in [5, 5.41) is 12.5. The number of benzene rings is 2. The first-order chi connectivity index (χ1) is 22.3. The Kier molecular flexibility index (Phi) is 10.9. The van der Waals surface area contributed by atoms with Gasteiger partial charge in [-0.2, -0.15) is 5.10 Å². The minimum atomic E-state index is -0.775. The number of carbonyl (C=O) groups is 4. The largest absolute Gasteiger partial charge is 0.448 e. The maximum atomic E-state index is 13.3. The molecule has 46 heavy (non-hydrogen) atoms. The topological polar surface area (TPSA) is 167 Å². The quantitative estimate of drug-likeness (QED) is 0.200. The van der Waals surface area contributed by atoms with Crippen molar-refractivity contribution in [3.05, 3.63) is 59.7 Å². The van der Waals surface area contributed by atoms with E-state index in [-0.39, 0.29) is 42.8 Å². The lowest BCUT2D eigenvalue weighted by atomic mass is 9.81. The number of hydrogen-bond donors (Lipinski definition) is 5. The van der Waals surface area contributed by atoms with Crippen LogP contribution >= 0.6 is 0 Å². The van der Waals surface area contributed by atoms with Crippen molar-refractivity contribution in [2.24, 2.45) is 22.7 Å². The predicted molar refractivity (Wildman–Crippen MR) is 175 cm³/mol. The first-order valence-corrected chi connectivity index (χ1v) is 16.2. The number of fused-ring (bicyclic) bond motifs is 3. The summed E-state index contributed by atoms with van der Waals surface area (Å²) in [6.07, 6.45) is 5.12. The molecule has 0 bridgehead atoms. The first-order valence-electron chi connectivity index (χ1n) is 16.2. The molecule has 0 spiro atoms. The second-order valence-electron chi connectivity index (χ2n) is 12.4. The number of ether oxygens (including phenoxy) is 1. The Bertz CT molecular complexity index is 1390. The van der Waals surface area contributed by atoms with E-state index in [0.717, 1.165) is 47.9 Å². The first kappa shape index (κ1) is 32.9. The minimum absolute atomic E-state index is 0.0480. The van der Waals surface area contributed by atoms with E-state index in [2.05, 4.69) is 50.7 Å². The zero-order valence-corrected chi connectivity index (χ0v) is 26.5. The molecule has 1 saturated heterocycles. The van der Waals surface area contributed by atoms with E-state index >= 15 is 0 Å². The molecule has 1 heterocycles. The van der Waals surface area contributed by atoms with Crippen molar-refractivity contribution in [3.8, 4) is 11.1 Å². The monoisotopic (exact) mass is 631 g/mol. The smallest absolute Gasteiger partial charge is 0.410 e. The standard InChI is InChI=1S/C34H45N7O5/c1-3-24(18-38-40-33(44)37-17-21-12-14-22(15-13-21)31(42)36-2)39-32(43)30-16-23(35)19-41(30)34(45)46-20-29-27-10-6-4-8-25(27)26-9-5-7-11-28(26)29/h4-11,18,21-24,29-30H,3,12-17,19-20,35H2,1-2H3,(H,36,42)(H,39,43)(H2,37,40,44)/b38-18+/t21?,22?,23-,24+,30+/m1/s1. The molecule has 3 aliphatic rings. The molecule has 2 aliphatic carbocycles. The number of carbonyl (C=O) groups excluding carboxylic acids is 4. The number of rotatable bonds is 10. The van der Waals surface area contributed by atoms with E-state index in [1.807, 2.05) is 31.2 Å². The van der Waals surface area contributed by atoms with Gasteiger partial charge in [0.2, 0.25) is 11.8 Å². The van der Waals surface area contributed by atoms with Crippen LogP contribution in [0.25, 0.3) is 11.1 Å². The van der Waals surface area contributed by atoms with Crippen LogP contribution in [0.4, 0.5) is 9.59 Å². The number of hydrazone groups is 1. The molecule has 12 nitrogen and oxygen atoms in total. The zero-order valence-electron chi connectivity index (χ0n) is 26.5. The summed E-state index contributed by atoms with van der Waals surface area (Å²) in [6, 6.07) is 14.2. The van der Waals surface area contributed by atoms with Crippen molar-refractivity contribution in [2.75, 3.05) is 26.7 Å². The fourth-order valence-corrected chi connectivity index (χ4v) is 6.81. The number of hydrogen-bond acceptors (Lipinski definition) is 7. The van der Waals surface area contributed by atoms with E-state index < -0.39 is 24.2 Å². The van der Waals surface area contributed by atoms with Crippen LogP contribution in [0.3, 0.4) is 0 Å². The van der Waals surface area contributed by atoms with E-state index in [4.69, 9.17) is 10.5 Å². The molecule has 1 aliphatic heterocycles. The Labute approximate surface area is 269 Å². The Hall–Kier alpha value is -4.45. The molecule has 246 valence electrons. The maximum Gasteiger partial charge on any atom is 0.410 e. The summed E-state index contributed by atoms with van der Waals surface area (Å²) in [7, 11) is 1.65. The van der Waals surface area contributed by atoms with Gasteiger partial charge in [-0.25, -0.2) is 15.0 Å². The molecule has 2 aromatic carbocycles. The lowest BCUT2D eigenvalue weighted by Gasteiger charge is -2.27. The third-order valence-electron chi connectivity index (χ3n) is 9.41. The third kappa shape index (κ3) is 7.67. The van der Waals surface area contributed by atoms with Gasteiger partial charge in [-0.1, -0.05) is 55.5 Å². The zero-order chi connectivity index (χ0) is 32.6. The van der Waals surface area contributed by atoms with Crippen LogP contribution < -0.4 is 27.1 Å². The normalized spacial score (nSPS) is 22.9. The number of nitrogens with two attached hydrogens (primary N) is 1. The summed E-state index contributed by atoms with van der Waals surface area (Å²) in [6.45, 7) is 2.76. The Morgan fingerprint density at radius 3 is 2.28 bits per heavy atom. The van der Waals surface area contributed by atoms with Crippen LogP contribution in [-0.2, 0) is 14.3 Å². The lowest BCUT2D eigenvalue weighted by molar-refractivity contribution is -0.126. The van der Waals surface area contributed by atoms with Crippen LogP contribution in [0.2, 0.25) is 0 Å². The van der Waals surface area contributed by atoms with Crippen molar-refractivity contribution >= 4 is 30.2 Å². The van der Waals surface area contributed by atoms with Crippen molar-refractivity contribution < 1.29 is 23.9 Å². The number of urea groups is 1. The number of likely N-dealkylation sites (tertiary alicyclic amines) is 1. The number of nitrogens with one attached hydrogen (secondary N) is 4. The van der Waals surface area contributed by atoms with Crippen LogP contribution in [0, 0.1) is 11.8 Å². The summed E-state index contributed by atoms with van der Waals surface area (Å²) in [4.78, 5) is 52.1. The molecule has 2 fully saturated rings. The molecule has 2 aromatic rings. The van der Waals surface area contributed by atoms with Gasteiger partial charge in [0.15, 0.2) is 0 Å². The second kappa shape index (κ2) is 15.2. The van der Waals surface area contributed by atoms with Crippen molar-refractivity contribution in [3.63, 3.8) is 0 Å². The number of nitrogens with zero attached hydrogens (tertiary/aromatic N) is 2. The van der Waals surface area contributed by atoms with Gasteiger partial charge >= 0.3 is 12.1 Å². The number of amides is 5. The molecule has 5 amide bonds. The highest BCUT2D eigenvalue weighted by Crippen LogP contribution is 2.44. The Morgan fingerprint density at radius 2 is 1.65 bits per heavy atom. The fraction of sp³-hybridized carbons (Fsp3) is 0.500. The predicted octanol–water partition coefficient (Wildman–Crippen LogP) is 3.07. The van der Waals surface area contributed by atoms with Gasteiger partial charge in [0.05, 0.1) is 6.04 Å². The van der Waals surface area contributed by atoms with Crippen molar-refractivity contribution in [1.82, 2.24) is 26.3 Å². The summed E-state index contributed by atoms with van der Waals surface area (Å²) in [5.41, 5.74) is 13.2. The van der Waals surface area contributed by atoms with E-state index in [9.17, 15) is 19.2 Å². The highest BCUT2D eigenvalue weighted by atomic mass is 16.6. The fourth-order valence-electron chi connectivity index (χ4n) is 6.81. The molecule has 1 saturated carbocycles. The van der Waals surface area contributed by atoms with Crippen LogP contribution in [0.15, 0.2) is 53.6 Å². The average molecular weight is 632 g/mol. The van der Waals surface area contributed by atoms with Gasteiger partial charge in [0.25, 0.3) is 0 Å². The molecule has 3 atom stereocenters. The van der Waals surface area contributed by atoms with Gasteiger partial charge < -0.3 is 26.4 Å². The Balaban J connectivity index is 1.09. The van der Waals surface area contributed by atoms with Crippen LogP contribution in [0.5, 0.6) is 0 Å². The molecule has 0 aromatic heterocycles. The summed E-state index contributed by atoms with van der Waals surface area (Å²) >= 11 is 0. The molecule has 0 radical (unpaired) electrons. The van der Waals surface area contributed by atoms with Gasteiger partial charge in [-0.05, 0) is 66.7 Å². The van der Waals surface area contributed by atoms with Crippen molar-refractivity contribution in [2.45, 2.75) is 69.5 Å². The van der Waals surface area contributed by atoms with Crippen LogP contribution in [0.1, 0.15) is 62.5 Å². The molecule has 0 unspecified atom stereocenters. The maximum absolute atomic E-state index is 13.3. The lowest BCUT2D eigenvalue weighted by Crippen LogP contribution is -2.49. The molecule has 5 rings (SSSR count). The molecule has 6 N–H and O–H groups in total. The second-order valence-corrected chi connectivity index (χ2v) is 12.4. The van der Waals surface area contributed by atoms with Gasteiger partial charge in [0.1, 0.15) is 12.6 Å². The molecule has 12 heteroatoms. The summed E-state index contributed by atoms with van der Waals surface area (Å²) in [5.74, 6) is 0.00465. The van der Waals surface area contributed by atoms with Gasteiger partial charge in [0, 0.05) is 44.2 Å². The highest BCUT2D eigenvalue weighted by Gasteiger charge is 2.40.